The average molecular weight is 355 g/mol. The summed E-state index contributed by atoms with van der Waals surface area (Å²) < 4.78 is 2.12. The number of rotatable bonds is 2. The van der Waals surface area contributed by atoms with Gasteiger partial charge in [0.05, 0.1) is 11.0 Å². The Kier molecular flexibility index (Phi) is 3.26. The second-order valence-electron chi connectivity index (χ2n) is 7.59. The highest BCUT2D eigenvalue weighted by molar-refractivity contribution is 5.93. The van der Waals surface area contributed by atoms with E-state index in [1.807, 2.05) is 49.5 Å². The number of aromatic hydroxyl groups is 1. The van der Waals surface area contributed by atoms with Crippen molar-refractivity contribution in [3.63, 3.8) is 0 Å². The molecular weight excluding hydrogens is 334 g/mol. The Balaban J connectivity index is 1.78. The minimum absolute atomic E-state index is 0.0427. The molecule has 1 aliphatic rings. The molecular formula is C24H21NO2. The number of para-hydroxylation sites is 1. The summed E-state index contributed by atoms with van der Waals surface area (Å²) >= 11 is 0. The molecule has 3 nitrogen and oxygen atoms in total. The number of nitrogens with zero attached hydrogens (tertiary/aromatic N) is 1. The Morgan fingerprint density at radius 1 is 1.00 bits per heavy atom. The Labute approximate surface area is 157 Å². The van der Waals surface area contributed by atoms with Crippen LogP contribution >= 0.6 is 0 Å². The van der Waals surface area contributed by atoms with Gasteiger partial charge >= 0.3 is 0 Å². The lowest BCUT2D eigenvalue weighted by Crippen LogP contribution is -2.39. The van der Waals surface area contributed by atoms with Crippen LogP contribution in [0.1, 0.15) is 30.0 Å². The fraction of sp³-hybridized carbons (Fsp3) is 0.208. The van der Waals surface area contributed by atoms with Crippen LogP contribution in [0, 0.1) is 0 Å². The van der Waals surface area contributed by atoms with Gasteiger partial charge in [-0.15, -0.1) is 0 Å². The Morgan fingerprint density at radius 3 is 2.56 bits per heavy atom. The molecule has 1 heterocycles. The van der Waals surface area contributed by atoms with E-state index in [0.717, 1.165) is 34.6 Å². The third kappa shape index (κ3) is 2.05. The highest BCUT2D eigenvalue weighted by Gasteiger charge is 2.42. The highest BCUT2D eigenvalue weighted by Crippen LogP contribution is 2.49. The van der Waals surface area contributed by atoms with Gasteiger partial charge in [0, 0.05) is 23.2 Å². The van der Waals surface area contributed by atoms with E-state index in [-0.39, 0.29) is 10.8 Å². The van der Waals surface area contributed by atoms with Crippen molar-refractivity contribution >= 4 is 21.8 Å². The summed E-state index contributed by atoms with van der Waals surface area (Å²) in [6.07, 6.45) is 1.90. The summed E-state index contributed by atoms with van der Waals surface area (Å²) in [4.78, 5) is 12.9. The molecule has 27 heavy (non-hydrogen) atoms. The normalized spacial score (nSPS) is 18.4. The van der Waals surface area contributed by atoms with Crippen LogP contribution in [0.5, 0.6) is 5.75 Å². The summed E-state index contributed by atoms with van der Waals surface area (Å²) in [5, 5.41) is 11.3. The van der Waals surface area contributed by atoms with Gasteiger partial charge < -0.3 is 9.67 Å². The third-order valence-corrected chi connectivity index (χ3v) is 6.37. The van der Waals surface area contributed by atoms with Crippen molar-refractivity contribution in [3.05, 3.63) is 87.6 Å². The molecule has 0 amide bonds. The molecule has 0 spiro atoms. The van der Waals surface area contributed by atoms with Gasteiger partial charge in [-0.05, 0) is 65.9 Å². The smallest absolute Gasteiger partial charge is 0.197 e. The van der Waals surface area contributed by atoms with Gasteiger partial charge in [-0.1, -0.05) is 31.2 Å². The molecule has 0 saturated heterocycles. The summed E-state index contributed by atoms with van der Waals surface area (Å²) in [5.74, 6) is 0.325. The van der Waals surface area contributed by atoms with Crippen molar-refractivity contribution in [2.75, 3.05) is 0 Å². The first kappa shape index (κ1) is 16.1. The maximum Gasteiger partial charge on any atom is 0.197 e. The van der Waals surface area contributed by atoms with Crippen LogP contribution in [0.25, 0.3) is 21.8 Å². The molecule has 1 aliphatic carbocycles. The van der Waals surface area contributed by atoms with E-state index in [0.29, 0.717) is 5.75 Å². The number of benzene rings is 3. The van der Waals surface area contributed by atoms with Crippen molar-refractivity contribution in [2.24, 2.45) is 7.05 Å². The molecule has 0 bridgehead atoms. The van der Waals surface area contributed by atoms with Crippen molar-refractivity contribution in [1.29, 1.82) is 0 Å². The van der Waals surface area contributed by atoms with Crippen molar-refractivity contribution < 1.29 is 5.11 Å². The van der Waals surface area contributed by atoms with Crippen molar-refractivity contribution in [2.45, 2.75) is 25.2 Å². The monoisotopic (exact) mass is 355 g/mol. The summed E-state index contributed by atoms with van der Waals surface area (Å²) in [6.45, 7) is 2.21. The number of hydrogen-bond donors (Lipinski definition) is 1. The first-order valence-corrected chi connectivity index (χ1v) is 9.39. The topological polar surface area (TPSA) is 42.2 Å². The SMILES string of the molecule is CCC1(c2ccc3c(=O)c4ccccc4n(C)c3c2)Cc2cc(O)ccc21. The number of aromatic nitrogens is 1. The van der Waals surface area contributed by atoms with Gasteiger partial charge in [0.25, 0.3) is 0 Å². The maximum absolute atomic E-state index is 12.9. The van der Waals surface area contributed by atoms with Crippen molar-refractivity contribution in [3.8, 4) is 5.75 Å². The quantitative estimate of drug-likeness (QED) is 0.532. The van der Waals surface area contributed by atoms with Crippen molar-refractivity contribution in [1.82, 2.24) is 4.57 Å². The van der Waals surface area contributed by atoms with Crippen LogP contribution in [0.15, 0.2) is 65.5 Å². The Morgan fingerprint density at radius 2 is 1.78 bits per heavy atom. The average Bonchev–Trinajstić information content (AvgIpc) is 2.68. The largest absolute Gasteiger partial charge is 0.508 e. The molecule has 134 valence electrons. The Hall–Kier alpha value is -3.07. The zero-order valence-corrected chi connectivity index (χ0v) is 15.5. The van der Waals surface area contributed by atoms with Crippen LogP contribution < -0.4 is 5.43 Å². The van der Waals surface area contributed by atoms with E-state index in [4.69, 9.17) is 0 Å². The van der Waals surface area contributed by atoms with E-state index in [9.17, 15) is 9.90 Å². The molecule has 5 rings (SSSR count). The first-order chi connectivity index (χ1) is 13.0. The zero-order valence-electron chi connectivity index (χ0n) is 15.5. The lowest BCUT2D eigenvalue weighted by Gasteiger charge is -2.44. The predicted molar refractivity (Wildman–Crippen MR) is 110 cm³/mol. The molecule has 1 N–H and O–H groups in total. The van der Waals surface area contributed by atoms with Crippen LogP contribution in [-0.2, 0) is 18.9 Å². The second kappa shape index (κ2) is 5.46. The molecule has 0 saturated carbocycles. The van der Waals surface area contributed by atoms with Gasteiger partial charge in [-0.25, -0.2) is 0 Å². The van der Waals surface area contributed by atoms with Gasteiger partial charge in [-0.3, -0.25) is 4.79 Å². The van der Waals surface area contributed by atoms with Crippen LogP contribution in [0.4, 0.5) is 0 Å². The lowest BCUT2D eigenvalue weighted by molar-refractivity contribution is 0.423. The fourth-order valence-electron chi connectivity index (χ4n) is 4.82. The lowest BCUT2D eigenvalue weighted by atomic mass is 9.59. The number of pyridine rings is 1. The van der Waals surface area contributed by atoms with E-state index in [1.165, 1.54) is 16.7 Å². The molecule has 4 aromatic rings. The Bertz CT molecular complexity index is 1290. The maximum atomic E-state index is 12.9. The number of hydrogen-bond acceptors (Lipinski definition) is 2. The molecule has 1 atom stereocenters. The molecule has 0 fully saturated rings. The molecule has 1 unspecified atom stereocenters. The molecule has 1 aromatic heterocycles. The van der Waals surface area contributed by atoms with E-state index < -0.39 is 0 Å². The van der Waals surface area contributed by atoms with Gasteiger partial charge in [0.2, 0.25) is 0 Å². The number of phenols is 1. The van der Waals surface area contributed by atoms with Gasteiger partial charge in [0.15, 0.2) is 5.43 Å². The predicted octanol–water partition coefficient (Wildman–Crippen LogP) is 4.65. The zero-order chi connectivity index (χ0) is 18.8. The van der Waals surface area contributed by atoms with Crippen LogP contribution in [-0.4, -0.2) is 9.67 Å². The van der Waals surface area contributed by atoms with Gasteiger partial charge in [-0.2, -0.15) is 0 Å². The number of fused-ring (bicyclic) bond motifs is 3. The minimum Gasteiger partial charge on any atom is -0.508 e. The third-order valence-electron chi connectivity index (χ3n) is 6.37. The van der Waals surface area contributed by atoms with Gasteiger partial charge in [0.1, 0.15) is 5.75 Å². The summed E-state index contributed by atoms with van der Waals surface area (Å²) in [7, 11) is 2.03. The first-order valence-electron chi connectivity index (χ1n) is 9.39. The number of phenolic OH excluding ortho intramolecular Hbond substituents is 1. The van der Waals surface area contributed by atoms with E-state index in [2.05, 4.69) is 23.6 Å². The highest BCUT2D eigenvalue weighted by atomic mass is 16.3. The van der Waals surface area contributed by atoms with Crippen LogP contribution in [0.2, 0.25) is 0 Å². The van der Waals surface area contributed by atoms with E-state index >= 15 is 0 Å². The summed E-state index contributed by atoms with van der Waals surface area (Å²) in [6, 6.07) is 19.7. The molecule has 0 aliphatic heterocycles. The fourth-order valence-corrected chi connectivity index (χ4v) is 4.82. The van der Waals surface area contributed by atoms with Crippen LogP contribution in [0.3, 0.4) is 0 Å². The molecule has 3 aromatic carbocycles. The van der Waals surface area contributed by atoms with E-state index in [1.54, 1.807) is 6.07 Å². The standard InChI is InChI=1S/C24H21NO2/c1-3-24(14-15-12-17(26)9-11-20(15)24)16-8-10-19-22(13-16)25(2)21-7-5-4-6-18(21)23(19)27/h4-13,26H,3,14H2,1-2H3. The molecule has 0 radical (unpaired) electrons. The minimum atomic E-state index is -0.0427. The summed E-state index contributed by atoms with van der Waals surface area (Å²) in [5.41, 5.74) is 5.71. The number of aryl methyl sites for hydroxylation is 1. The second-order valence-corrected chi connectivity index (χ2v) is 7.59. The molecule has 3 heteroatoms.